The van der Waals surface area contributed by atoms with Gasteiger partial charge in [0, 0.05) is 42.7 Å². The molecule has 0 radical (unpaired) electrons. The number of benzene rings is 2. The van der Waals surface area contributed by atoms with Crippen molar-refractivity contribution in [2.24, 2.45) is 0 Å². The standard InChI is InChI=1S/C25H35N3O3S/c1-5-7-14-25(15-8-6-2)24(29)23(18-10-9-11-20(16-18)28(30)31)21-17-19(27(3)4)12-13-22(21)32-26-25/h9-13,16-17,23-24,26,29H,5-8,14-15H2,1-4H3/t23-,24-/m1/s1. The number of non-ortho nitro benzene ring substituents is 1. The van der Waals surface area contributed by atoms with E-state index in [4.69, 9.17) is 0 Å². The lowest BCUT2D eigenvalue weighted by molar-refractivity contribution is -0.384. The fraction of sp³-hybridized carbons (Fsp3) is 0.520. The van der Waals surface area contributed by atoms with Gasteiger partial charge in [-0.1, -0.05) is 51.7 Å². The lowest BCUT2D eigenvalue weighted by atomic mass is 9.73. The summed E-state index contributed by atoms with van der Waals surface area (Å²) in [4.78, 5) is 14.2. The van der Waals surface area contributed by atoms with E-state index in [1.807, 2.05) is 25.1 Å². The summed E-state index contributed by atoms with van der Waals surface area (Å²) < 4.78 is 3.68. The Morgan fingerprint density at radius 2 is 1.81 bits per heavy atom. The molecule has 6 nitrogen and oxygen atoms in total. The summed E-state index contributed by atoms with van der Waals surface area (Å²) >= 11 is 1.59. The predicted octanol–water partition coefficient (Wildman–Crippen LogP) is 5.88. The quantitative estimate of drug-likeness (QED) is 0.278. The molecule has 1 aliphatic rings. The lowest BCUT2D eigenvalue weighted by Gasteiger charge is -2.41. The molecule has 0 spiro atoms. The van der Waals surface area contributed by atoms with Gasteiger partial charge in [0.1, 0.15) is 0 Å². The highest BCUT2D eigenvalue weighted by Crippen LogP contribution is 2.46. The monoisotopic (exact) mass is 457 g/mol. The van der Waals surface area contributed by atoms with Crippen LogP contribution in [0.5, 0.6) is 0 Å². The summed E-state index contributed by atoms with van der Waals surface area (Å²) in [7, 11) is 3.99. The highest BCUT2D eigenvalue weighted by molar-refractivity contribution is 7.97. The van der Waals surface area contributed by atoms with E-state index in [1.165, 1.54) is 6.07 Å². The van der Waals surface area contributed by atoms with E-state index >= 15 is 0 Å². The molecule has 0 amide bonds. The number of unbranched alkanes of at least 4 members (excludes halogenated alkanes) is 2. The Hall–Kier alpha value is -2.09. The van der Waals surface area contributed by atoms with Crippen LogP contribution < -0.4 is 9.62 Å². The SMILES string of the molecule is CCCCC1(CCCC)NSc2ccc(N(C)C)cc2[C@@H](c2cccc([N+](=O)[O-])c2)[C@H]1O. The molecule has 0 aliphatic carbocycles. The third-order valence-corrected chi connectivity index (χ3v) is 7.58. The molecule has 2 N–H and O–H groups in total. The van der Waals surface area contributed by atoms with Crippen LogP contribution in [0, 0.1) is 10.1 Å². The van der Waals surface area contributed by atoms with Crippen molar-refractivity contribution in [2.75, 3.05) is 19.0 Å². The van der Waals surface area contributed by atoms with Gasteiger partial charge in [0.05, 0.1) is 16.6 Å². The maximum absolute atomic E-state index is 12.0. The normalized spacial score (nSPS) is 19.8. The van der Waals surface area contributed by atoms with Gasteiger partial charge >= 0.3 is 0 Å². The molecule has 0 unspecified atom stereocenters. The number of hydrogen-bond donors (Lipinski definition) is 2. The summed E-state index contributed by atoms with van der Waals surface area (Å²) in [6, 6.07) is 13.1. The number of nitro groups is 1. The third kappa shape index (κ3) is 5.11. The number of rotatable bonds is 9. The summed E-state index contributed by atoms with van der Waals surface area (Å²) in [5.41, 5.74) is 2.42. The fourth-order valence-corrected chi connectivity index (χ4v) is 5.63. The first-order valence-electron chi connectivity index (χ1n) is 11.5. The molecule has 0 aromatic heterocycles. The van der Waals surface area contributed by atoms with Crippen LogP contribution >= 0.6 is 11.9 Å². The molecule has 1 heterocycles. The molecule has 3 rings (SSSR count). The highest BCUT2D eigenvalue weighted by atomic mass is 32.2. The minimum Gasteiger partial charge on any atom is -0.390 e. The average Bonchev–Trinajstić information content (AvgIpc) is 2.90. The minimum atomic E-state index is -0.714. The van der Waals surface area contributed by atoms with Crippen molar-refractivity contribution in [1.82, 2.24) is 4.72 Å². The van der Waals surface area contributed by atoms with Crippen LogP contribution in [-0.4, -0.2) is 35.8 Å². The van der Waals surface area contributed by atoms with Gasteiger partial charge in [-0.3, -0.25) is 14.8 Å². The van der Waals surface area contributed by atoms with Gasteiger partial charge in [-0.2, -0.15) is 0 Å². The molecule has 2 atom stereocenters. The van der Waals surface area contributed by atoms with Crippen LogP contribution in [0.4, 0.5) is 11.4 Å². The van der Waals surface area contributed by atoms with E-state index in [2.05, 4.69) is 36.8 Å². The van der Waals surface area contributed by atoms with Gasteiger partial charge in [-0.25, -0.2) is 0 Å². The van der Waals surface area contributed by atoms with Gasteiger partial charge < -0.3 is 10.0 Å². The van der Waals surface area contributed by atoms with Crippen LogP contribution in [0.25, 0.3) is 0 Å². The first-order valence-corrected chi connectivity index (χ1v) is 12.3. The summed E-state index contributed by atoms with van der Waals surface area (Å²) in [5.74, 6) is -0.360. The highest BCUT2D eigenvalue weighted by Gasteiger charge is 2.45. The smallest absolute Gasteiger partial charge is 0.269 e. The zero-order chi connectivity index (χ0) is 23.3. The Balaban J connectivity index is 2.20. The molecule has 7 heteroatoms. The van der Waals surface area contributed by atoms with Gasteiger partial charge in [0.15, 0.2) is 0 Å². The van der Waals surface area contributed by atoms with Crippen LogP contribution in [0.1, 0.15) is 69.4 Å². The minimum absolute atomic E-state index is 0.0533. The first-order chi connectivity index (χ1) is 15.3. The number of aliphatic hydroxyl groups excluding tert-OH is 1. The maximum atomic E-state index is 12.0. The number of anilines is 1. The molecule has 0 saturated carbocycles. The second-order valence-corrected chi connectivity index (χ2v) is 9.81. The summed E-state index contributed by atoms with van der Waals surface area (Å²) in [6.07, 6.45) is 5.12. The number of nitrogens with one attached hydrogen (secondary N) is 1. The van der Waals surface area contributed by atoms with Gasteiger partial charge in [-0.05, 0) is 54.1 Å². The van der Waals surface area contributed by atoms with E-state index in [0.29, 0.717) is 0 Å². The van der Waals surface area contributed by atoms with Crippen LogP contribution in [-0.2, 0) is 0 Å². The predicted molar refractivity (Wildman–Crippen MR) is 132 cm³/mol. The van der Waals surface area contributed by atoms with Crippen molar-refractivity contribution in [2.45, 2.75) is 74.8 Å². The first kappa shape index (κ1) is 24.6. The second-order valence-electron chi connectivity index (χ2n) is 8.96. The Kier molecular flexibility index (Phi) is 8.20. The van der Waals surface area contributed by atoms with Crippen molar-refractivity contribution >= 4 is 23.3 Å². The second kappa shape index (κ2) is 10.7. The summed E-state index contributed by atoms with van der Waals surface area (Å²) in [6.45, 7) is 4.33. The van der Waals surface area contributed by atoms with E-state index < -0.39 is 11.6 Å². The zero-order valence-corrected chi connectivity index (χ0v) is 20.3. The van der Waals surface area contributed by atoms with Crippen molar-refractivity contribution in [3.63, 3.8) is 0 Å². The van der Waals surface area contributed by atoms with Crippen molar-refractivity contribution in [3.8, 4) is 0 Å². The molecule has 32 heavy (non-hydrogen) atoms. The number of hydrogen-bond acceptors (Lipinski definition) is 6. The Labute approximate surface area is 195 Å². The maximum Gasteiger partial charge on any atom is 0.269 e. The molecule has 2 aromatic rings. The van der Waals surface area contributed by atoms with Crippen LogP contribution in [0.2, 0.25) is 0 Å². The third-order valence-electron chi connectivity index (χ3n) is 6.48. The van der Waals surface area contributed by atoms with Crippen LogP contribution in [0.3, 0.4) is 0 Å². The van der Waals surface area contributed by atoms with E-state index in [9.17, 15) is 15.2 Å². The lowest BCUT2D eigenvalue weighted by Crippen LogP contribution is -2.53. The molecule has 1 aliphatic heterocycles. The topological polar surface area (TPSA) is 78.6 Å². The van der Waals surface area contributed by atoms with Crippen molar-refractivity contribution in [3.05, 3.63) is 63.7 Å². The fourth-order valence-electron chi connectivity index (χ4n) is 4.56. The summed E-state index contributed by atoms with van der Waals surface area (Å²) in [5, 5.41) is 23.5. The molecule has 2 aromatic carbocycles. The molecular weight excluding hydrogens is 422 g/mol. The largest absolute Gasteiger partial charge is 0.390 e. The molecule has 0 saturated heterocycles. The zero-order valence-electron chi connectivity index (χ0n) is 19.5. The van der Waals surface area contributed by atoms with E-state index in [0.717, 1.165) is 60.2 Å². The molecule has 0 fully saturated rings. The van der Waals surface area contributed by atoms with Gasteiger partial charge in [-0.15, -0.1) is 0 Å². The average molecular weight is 458 g/mol. The molecule has 174 valence electrons. The number of nitro benzene ring substituents is 1. The van der Waals surface area contributed by atoms with Crippen molar-refractivity contribution < 1.29 is 10.0 Å². The Bertz CT molecular complexity index is 926. The van der Waals surface area contributed by atoms with Gasteiger partial charge in [0.2, 0.25) is 0 Å². The Morgan fingerprint density at radius 1 is 1.12 bits per heavy atom. The van der Waals surface area contributed by atoms with Crippen molar-refractivity contribution in [1.29, 1.82) is 0 Å². The van der Waals surface area contributed by atoms with Gasteiger partial charge in [0.25, 0.3) is 5.69 Å². The number of nitrogens with zero attached hydrogens (tertiary/aromatic N) is 2. The van der Waals surface area contributed by atoms with Crippen LogP contribution in [0.15, 0.2) is 47.4 Å². The molecular formula is C25H35N3O3S. The Morgan fingerprint density at radius 3 is 2.41 bits per heavy atom. The number of fused-ring (bicyclic) bond motifs is 1. The number of aliphatic hydroxyl groups is 1. The van der Waals surface area contributed by atoms with E-state index in [1.54, 1.807) is 24.1 Å². The molecule has 0 bridgehead atoms. The van der Waals surface area contributed by atoms with E-state index in [-0.39, 0.29) is 16.5 Å².